The Balaban J connectivity index is 1.57. The van der Waals surface area contributed by atoms with Gasteiger partial charge in [-0.2, -0.15) is 9.97 Å². The topological polar surface area (TPSA) is 38.7 Å². The molecule has 7 rings (SSSR count). The zero-order valence-electron chi connectivity index (χ0n) is 19.0. The Bertz CT molecular complexity index is 1900. The van der Waals surface area contributed by atoms with Gasteiger partial charge in [0, 0.05) is 36.9 Å². The summed E-state index contributed by atoms with van der Waals surface area (Å²) in [5.74, 6) is 1.14. The standard InChI is InChI=1S/C31H18ClN3S/c32-31-34-29(20-12-5-2-6-13-20)33-30(35-31)23-16-9-17-25-27(23)24-18-21-14-7-8-15-22(21)26(28(24)36-25)19-10-3-1-4-11-19/h1-18H. The summed E-state index contributed by atoms with van der Waals surface area (Å²) in [5.41, 5.74) is 4.33. The number of rotatable bonds is 3. The van der Waals surface area contributed by atoms with Crippen LogP contribution in [0.2, 0.25) is 5.28 Å². The van der Waals surface area contributed by atoms with Crippen LogP contribution in [0.4, 0.5) is 0 Å². The van der Waals surface area contributed by atoms with Gasteiger partial charge in [0.2, 0.25) is 5.28 Å². The quantitative estimate of drug-likeness (QED) is 0.243. The number of hydrogen-bond acceptors (Lipinski definition) is 4. The second-order valence-corrected chi connectivity index (χ2v) is 10.0. The lowest BCUT2D eigenvalue weighted by Gasteiger charge is -2.10. The van der Waals surface area contributed by atoms with Crippen LogP contribution in [0.1, 0.15) is 0 Å². The highest BCUT2D eigenvalue weighted by Gasteiger charge is 2.19. The maximum Gasteiger partial charge on any atom is 0.226 e. The second-order valence-electron chi connectivity index (χ2n) is 8.61. The van der Waals surface area contributed by atoms with Gasteiger partial charge in [0.05, 0.1) is 0 Å². The molecule has 170 valence electrons. The van der Waals surface area contributed by atoms with Crippen LogP contribution in [0.25, 0.3) is 64.8 Å². The lowest BCUT2D eigenvalue weighted by atomic mass is 9.94. The average molecular weight is 500 g/mol. The van der Waals surface area contributed by atoms with Gasteiger partial charge in [-0.15, -0.1) is 11.3 Å². The van der Waals surface area contributed by atoms with Crippen LogP contribution in [0, 0.1) is 0 Å². The maximum absolute atomic E-state index is 6.42. The molecule has 0 fully saturated rings. The monoisotopic (exact) mass is 499 g/mol. The summed E-state index contributed by atoms with van der Waals surface area (Å²) in [5, 5.41) is 4.98. The molecule has 0 N–H and O–H groups in total. The Kier molecular flexibility index (Phi) is 5.01. The van der Waals surface area contributed by atoms with Gasteiger partial charge < -0.3 is 0 Å². The molecule has 5 heteroatoms. The number of fused-ring (bicyclic) bond motifs is 4. The number of aromatic nitrogens is 3. The third kappa shape index (κ3) is 3.46. The molecular formula is C31H18ClN3S. The average Bonchev–Trinajstić information content (AvgIpc) is 3.30. The normalized spacial score (nSPS) is 11.5. The van der Waals surface area contributed by atoms with Crippen LogP contribution in [-0.4, -0.2) is 15.0 Å². The molecule has 0 unspecified atom stereocenters. The Labute approximate surface area is 216 Å². The molecule has 5 aromatic carbocycles. The van der Waals surface area contributed by atoms with E-state index in [0.717, 1.165) is 16.5 Å². The fraction of sp³-hybridized carbons (Fsp3) is 0. The molecule has 0 aliphatic carbocycles. The molecule has 2 aromatic heterocycles. The van der Waals surface area contributed by atoms with Gasteiger partial charge >= 0.3 is 0 Å². The lowest BCUT2D eigenvalue weighted by molar-refractivity contribution is 1.07. The molecule has 0 aliphatic heterocycles. The zero-order valence-corrected chi connectivity index (χ0v) is 20.6. The molecule has 0 amide bonds. The number of thiophene rings is 1. The van der Waals surface area contributed by atoms with E-state index in [9.17, 15) is 0 Å². The molecule has 0 spiro atoms. The fourth-order valence-corrected chi connectivity index (χ4v) is 6.34. The molecule has 7 aromatic rings. The first kappa shape index (κ1) is 21.2. The minimum absolute atomic E-state index is 0.186. The Morgan fingerprint density at radius 2 is 1.28 bits per heavy atom. The van der Waals surface area contributed by atoms with Crippen molar-refractivity contribution in [2.24, 2.45) is 0 Å². The summed E-state index contributed by atoms with van der Waals surface area (Å²) in [7, 11) is 0. The van der Waals surface area contributed by atoms with Crippen LogP contribution < -0.4 is 0 Å². The molecular weight excluding hydrogens is 482 g/mol. The van der Waals surface area contributed by atoms with Gasteiger partial charge in [-0.05, 0) is 40.1 Å². The van der Waals surface area contributed by atoms with Gasteiger partial charge in [-0.1, -0.05) is 97.1 Å². The molecule has 2 heterocycles. The van der Waals surface area contributed by atoms with Gasteiger partial charge in [-0.25, -0.2) is 4.98 Å². The van der Waals surface area contributed by atoms with Crippen molar-refractivity contribution < 1.29 is 0 Å². The molecule has 0 saturated heterocycles. The molecule has 36 heavy (non-hydrogen) atoms. The largest absolute Gasteiger partial charge is 0.226 e. The molecule has 0 saturated carbocycles. The minimum Gasteiger partial charge on any atom is -0.208 e. The first-order chi connectivity index (χ1) is 17.8. The molecule has 0 atom stereocenters. The third-order valence-corrected chi connectivity index (χ3v) is 7.81. The van der Waals surface area contributed by atoms with E-state index in [1.165, 1.54) is 36.7 Å². The highest BCUT2D eigenvalue weighted by molar-refractivity contribution is 7.26. The van der Waals surface area contributed by atoms with E-state index in [-0.39, 0.29) is 5.28 Å². The van der Waals surface area contributed by atoms with Crippen LogP contribution in [0.15, 0.2) is 109 Å². The summed E-state index contributed by atoms with van der Waals surface area (Å²) in [4.78, 5) is 13.8. The van der Waals surface area contributed by atoms with Crippen LogP contribution >= 0.6 is 22.9 Å². The van der Waals surface area contributed by atoms with Crippen LogP contribution in [0.3, 0.4) is 0 Å². The van der Waals surface area contributed by atoms with Gasteiger partial charge in [0.15, 0.2) is 11.6 Å². The number of halogens is 1. The van der Waals surface area contributed by atoms with E-state index in [2.05, 4.69) is 88.8 Å². The number of nitrogens with zero attached hydrogens (tertiary/aromatic N) is 3. The lowest BCUT2D eigenvalue weighted by Crippen LogP contribution is -1.97. The Hall–Kier alpha value is -4.12. The SMILES string of the molecule is Clc1nc(-c2ccccc2)nc(-c2cccc3sc4c(-c5ccccc5)c5ccccc5cc4c23)n1. The molecule has 0 bridgehead atoms. The maximum atomic E-state index is 6.42. The van der Waals surface area contributed by atoms with Crippen LogP contribution in [0.5, 0.6) is 0 Å². The van der Waals surface area contributed by atoms with Crippen molar-refractivity contribution in [1.29, 1.82) is 0 Å². The van der Waals surface area contributed by atoms with Crippen molar-refractivity contribution in [2.75, 3.05) is 0 Å². The van der Waals surface area contributed by atoms with Gasteiger partial charge in [0.25, 0.3) is 0 Å². The summed E-state index contributed by atoms with van der Waals surface area (Å²) in [6.07, 6.45) is 0. The van der Waals surface area contributed by atoms with Crippen LogP contribution in [-0.2, 0) is 0 Å². The predicted octanol–water partition coefficient (Wildman–Crippen LogP) is 9.05. The van der Waals surface area contributed by atoms with E-state index in [1.54, 1.807) is 0 Å². The predicted molar refractivity (Wildman–Crippen MR) is 152 cm³/mol. The highest BCUT2D eigenvalue weighted by Crippen LogP contribution is 2.46. The van der Waals surface area contributed by atoms with Crippen molar-refractivity contribution in [3.05, 3.63) is 114 Å². The second kappa shape index (κ2) is 8.52. The molecule has 0 aliphatic rings. The Morgan fingerprint density at radius 3 is 2.08 bits per heavy atom. The first-order valence-corrected chi connectivity index (χ1v) is 12.9. The summed E-state index contributed by atoms with van der Waals surface area (Å²) in [6, 6.07) is 37.7. The summed E-state index contributed by atoms with van der Waals surface area (Å²) < 4.78 is 2.44. The molecule has 0 radical (unpaired) electrons. The fourth-order valence-electron chi connectivity index (χ4n) is 4.89. The van der Waals surface area contributed by atoms with Gasteiger partial charge in [0.1, 0.15) is 0 Å². The van der Waals surface area contributed by atoms with E-state index in [4.69, 9.17) is 16.6 Å². The Morgan fingerprint density at radius 1 is 0.583 bits per heavy atom. The van der Waals surface area contributed by atoms with Gasteiger partial charge in [-0.3, -0.25) is 0 Å². The van der Waals surface area contributed by atoms with Crippen molar-refractivity contribution in [1.82, 2.24) is 15.0 Å². The third-order valence-electron chi connectivity index (χ3n) is 6.45. The number of benzene rings is 5. The summed E-state index contributed by atoms with van der Waals surface area (Å²) >= 11 is 8.22. The zero-order chi connectivity index (χ0) is 24.1. The minimum atomic E-state index is 0.186. The van der Waals surface area contributed by atoms with Crippen molar-refractivity contribution in [3.63, 3.8) is 0 Å². The number of hydrogen-bond donors (Lipinski definition) is 0. The van der Waals surface area contributed by atoms with Crippen molar-refractivity contribution in [3.8, 4) is 33.9 Å². The van der Waals surface area contributed by atoms with E-state index < -0.39 is 0 Å². The van der Waals surface area contributed by atoms with E-state index in [0.29, 0.717) is 11.6 Å². The van der Waals surface area contributed by atoms with E-state index in [1.807, 2.05) is 41.7 Å². The van der Waals surface area contributed by atoms with Crippen molar-refractivity contribution in [2.45, 2.75) is 0 Å². The smallest absolute Gasteiger partial charge is 0.208 e. The van der Waals surface area contributed by atoms with E-state index >= 15 is 0 Å². The first-order valence-electron chi connectivity index (χ1n) is 11.7. The van der Waals surface area contributed by atoms with Crippen molar-refractivity contribution >= 4 is 53.9 Å². The highest BCUT2D eigenvalue weighted by atomic mass is 35.5. The summed E-state index contributed by atoms with van der Waals surface area (Å²) in [6.45, 7) is 0. The molecule has 3 nitrogen and oxygen atoms in total.